The van der Waals surface area contributed by atoms with Crippen molar-refractivity contribution in [3.05, 3.63) is 0 Å². The van der Waals surface area contributed by atoms with Gasteiger partial charge in [0.1, 0.15) is 0 Å². The molecule has 0 unspecified atom stereocenters. The van der Waals surface area contributed by atoms with Crippen LogP contribution in [0.5, 0.6) is 0 Å². The van der Waals surface area contributed by atoms with Crippen molar-refractivity contribution in [2.75, 3.05) is 11.6 Å². The van der Waals surface area contributed by atoms with Crippen LogP contribution in [0.1, 0.15) is 25.7 Å². The Kier molecular flexibility index (Phi) is 8.76. The number of thiocarbonyl (C=S) groups is 1. The van der Waals surface area contributed by atoms with Gasteiger partial charge >= 0.3 is 0 Å². The van der Waals surface area contributed by atoms with Crippen molar-refractivity contribution in [3.63, 3.8) is 0 Å². The van der Waals surface area contributed by atoms with E-state index in [-0.39, 0.29) is 0 Å². The van der Waals surface area contributed by atoms with Crippen molar-refractivity contribution in [1.29, 1.82) is 0 Å². The predicted molar refractivity (Wildman–Crippen MR) is 58.4 cm³/mol. The van der Waals surface area contributed by atoms with E-state index in [4.69, 9.17) is 12.2 Å². The van der Waals surface area contributed by atoms with E-state index in [2.05, 4.69) is 15.9 Å². The van der Waals surface area contributed by atoms with Gasteiger partial charge in [0.2, 0.25) is 0 Å². The predicted octanol–water partition coefficient (Wildman–Crippen LogP) is 3.63. The summed E-state index contributed by atoms with van der Waals surface area (Å²) in [6, 6.07) is 0. The summed E-state index contributed by atoms with van der Waals surface area (Å²) in [6.45, 7) is 0. The first-order chi connectivity index (χ1) is 4.81. The maximum absolute atomic E-state index is 5.06. The minimum Gasteiger partial charge on any atom is -0.122 e. The largest absolute Gasteiger partial charge is 0.122 e. The highest BCUT2D eigenvalue weighted by molar-refractivity contribution is 9.09. The Bertz CT molecular complexity index is 93.6. The fourth-order valence-electron chi connectivity index (χ4n) is 0.643. The van der Waals surface area contributed by atoms with Crippen molar-refractivity contribution < 1.29 is 0 Å². The number of hydrogen-bond donors (Lipinski definition) is 0. The number of halogens is 1. The van der Waals surface area contributed by atoms with Crippen LogP contribution in [0.4, 0.5) is 0 Å². The molecule has 10 heavy (non-hydrogen) atoms. The van der Waals surface area contributed by atoms with Crippen LogP contribution in [-0.2, 0) is 0 Å². The van der Waals surface area contributed by atoms with Gasteiger partial charge in [-0.1, -0.05) is 34.6 Å². The van der Waals surface area contributed by atoms with Gasteiger partial charge in [-0.15, -0.1) is 11.8 Å². The lowest BCUT2D eigenvalue weighted by atomic mass is 10.2. The molecule has 0 amide bonds. The van der Waals surface area contributed by atoms with E-state index in [1.54, 1.807) is 11.8 Å². The summed E-state index contributed by atoms with van der Waals surface area (Å²) in [7, 11) is 0. The highest BCUT2D eigenvalue weighted by Gasteiger charge is 1.92. The molecule has 0 atom stereocenters. The number of hydrogen-bond acceptors (Lipinski definition) is 2. The minimum absolute atomic E-state index is 1.11. The molecule has 3 heteroatoms. The van der Waals surface area contributed by atoms with Crippen molar-refractivity contribution in [3.8, 4) is 0 Å². The molecule has 0 nitrogen and oxygen atoms in total. The lowest BCUT2D eigenvalue weighted by molar-refractivity contribution is 0.756. The third kappa shape index (κ3) is 7.03. The average molecular weight is 241 g/mol. The summed E-state index contributed by atoms with van der Waals surface area (Å²) in [4.78, 5) is 0. The molecule has 0 fully saturated rings. The van der Waals surface area contributed by atoms with E-state index in [1.165, 1.54) is 19.3 Å². The van der Waals surface area contributed by atoms with Crippen LogP contribution in [0.2, 0.25) is 0 Å². The summed E-state index contributed by atoms with van der Waals surface area (Å²) in [6.07, 6.45) is 6.99. The Morgan fingerprint density at radius 2 is 2.10 bits per heavy atom. The molecule has 0 rings (SSSR count). The Balaban J connectivity index is 2.96. The molecule has 0 aliphatic carbocycles. The second-order valence-electron chi connectivity index (χ2n) is 2.08. The minimum atomic E-state index is 1.11. The van der Waals surface area contributed by atoms with E-state index in [0.29, 0.717) is 0 Å². The quantitative estimate of drug-likeness (QED) is 0.409. The second kappa shape index (κ2) is 8.02. The van der Waals surface area contributed by atoms with Gasteiger partial charge in [-0.25, -0.2) is 0 Å². The van der Waals surface area contributed by atoms with Gasteiger partial charge in [0.15, 0.2) is 0 Å². The van der Waals surface area contributed by atoms with Crippen LogP contribution in [0.3, 0.4) is 0 Å². The zero-order valence-corrected chi connectivity index (χ0v) is 9.45. The monoisotopic (exact) mass is 240 g/mol. The van der Waals surface area contributed by atoms with Gasteiger partial charge in [-0.3, -0.25) is 0 Å². The molecule has 60 valence electrons. The van der Waals surface area contributed by atoms with Crippen LogP contribution in [-0.4, -0.2) is 15.8 Å². The van der Waals surface area contributed by atoms with E-state index in [1.807, 2.05) is 6.26 Å². The maximum atomic E-state index is 5.06. The number of unbranched alkanes of at least 4 members (excludes halogenated alkanes) is 2. The summed E-state index contributed by atoms with van der Waals surface area (Å²) in [5, 5.41) is 1.12. The molecule has 0 aliphatic heterocycles. The molecule has 0 aliphatic rings. The molecular formula is C7H13BrS2. The lowest BCUT2D eigenvalue weighted by Crippen LogP contribution is -1.86. The Morgan fingerprint density at radius 1 is 1.40 bits per heavy atom. The summed E-state index contributed by atoms with van der Waals surface area (Å²) < 4.78 is 1.15. The first-order valence-corrected chi connectivity index (χ1v) is 6.19. The molecule has 0 saturated carbocycles. The Labute approximate surface area is 81.3 Å². The van der Waals surface area contributed by atoms with Crippen LogP contribution >= 0.6 is 39.9 Å². The fraction of sp³-hybridized carbons (Fsp3) is 0.857. The molecule has 0 N–H and O–H groups in total. The summed E-state index contributed by atoms with van der Waals surface area (Å²) in [5.41, 5.74) is 0. The standard InChI is InChI=1S/C7H13BrS2/c1-10-7(9)5-3-2-4-6-8/h2-6H2,1H3. The Hall–Kier alpha value is 0.920. The van der Waals surface area contributed by atoms with Gasteiger partial charge in [0.05, 0.1) is 0 Å². The van der Waals surface area contributed by atoms with Gasteiger partial charge in [-0.05, 0) is 25.5 Å². The van der Waals surface area contributed by atoms with Gasteiger partial charge in [0.25, 0.3) is 0 Å². The van der Waals surface area contributed by atoms with E-state index < -0.39 is 0 Å². The Morgan fingerprint density at radius 3 is 2.60 bits per heavy atom. The fourth-order valence-corrected chi connectivity index (χ4v) is 1.53. The van der Waals surface area contributed by atoms with Crippen molar-refractivity contribution in [2.24, 2.45) is 0 Å². The third-order valence-corrected chi connectivity index (χ3v) is 3.17. The van der Waals surface area contributed by atoms with Crippen molar-refractivity contribution in [1.82, 2.24) is 0 Å². The molecule has 0 saturated heterocycles. The molecule has 0 heterocycles. The van der Waals surface area contributed by atoms with Gasteiger partial charge in [0, 0.05) is 9.53 Å². The molecule has 0 aromatic rings. The van der Waals surface area contributed by atoms with E-state index in [9.17, 15) is 0 Å². The number of rotatable bonds is 5. The lowest BCUT2D eigenvalue weighted by Gasteiger charge is -1.97. The van der Waals surface area contributed by atoms with E-state index >= 15 is 0 Å². The number of alkyl halides is 1. The topological polar surface area (TPSA) is 0 Å². The average Bonchev–Trinajstić information content (AvgIpc) is 1.98. The van der Waals surface area contributed by atoms with Crippen LogP contribution < -0.4 is 0 Å². The second-order valence-corrected chi connectivity index (χ2v) is 4.52. The van der Waals surface area contributed by atoms with Crippen molar-refractivity contribution in [2.45, 2.75) is 25.7 Å². The molecule has 0 aromatic carbocycles. The summed E-state index contributed by atoms with van der Waals surface area (Å²) in [5.74, 6) is 0. The SMILES string of the molecule is CSC(=S)CCCCCBr. The zero-order chi connectivity index (χ0) is 7.82. The smallest absolute Gasteiger partial charge is 0.0475 e. The van der Waals surface area contributed by atoms with E-state index in [0.717, 1.165) is 15.9 Å². The molecular weight excluding hydrogens is 228 g/mol. The zero-order valence-electron chi connectivity index (χ0n) is 6.23. The highest BCUT2D eigenvalue weighted by atomic mass is 79.9. The molecule has 0 bridgehead atoms. The normalized spacial score (nSPS) is 9.80. The van der Waals surface area contributed by atoms with Gasteiger partial charge in [-0.2, -0.15) is 0 Å². The van der Waals surface area contributed by atoms with Crippen LogP contribution in [0.15, 0.2) is 0 Å². The molecule has 0 spiro atoms. The first kappa shape index (κ1) is 10.9. The van der Waals surface area contributed by atoms with Crippen LogP contribution in [0, 0.1) is 0 Å². The highest BCUT2D eigenvalue weighted by Crippen LogP contribution is 2.09. The first-order valence-electron chi connectivity index (χ1n) is 3.44. The third-order valence-electron chi connectivity index (χ3n) is 1.24. The molecule has 0 aromatic heterocycles. The van der Waals surface area contributed by atoms with Gasteiger partial charge < -0.3 is 0 Å². The number of thioether (sulfide) groups is 1. The van der Waals surface area contributed by atoms with Crippen molar-refractivity contribution >= 4 is 44.1 Å². The van der Waals surface area contributed by atoms with Crippen LogP contribution in [0.25, 0.3) is 0 Å². The summed E-state index contributed by atoms with van der Waals surface area (Å²) >= 11 is 10.2. The maximum Gasteiger partial charge on any atom is 0.0475 e. The molecule has 0 radical (unpaired) electrons.